The fraction of sp³-hybridized carbons (Fsp3) is 0.286. The second-order valence-corrected chi connectivity index (χ2v) is 4.56. The number of rotatable bonds is 1. The van der Waals surface area contributed by atoms with Gasteiger partial charge in [0.2, 0.25) is 0 Å². The van der Waals surface area contributed by atoms with Crippen molar-refractivity contribution in [1.29, 1.82) is 0 Å². The van der Waals surface area contributed by atoms with Gasteiger partial charge in [-0.05, 0) is 36.4 Å². The number of aromatic nitrogens is 1. The molecule has 18 heavy (non-hydrogen) atoms. The molecule has 0 saturated carbocycles. The number of fused-ring (bicyclic) bond motifs is 1. The summed E-state index contributed by atoms with van der Waals surface area (Å²) in [5.74, 6) is 0. The lowest BCUT2D eigenvalue weighted by Crippen LogP contribution is -2.32. The van der Waals surface area contributed by atoms with Gasteiger partial charge < -0.3 is 10.2 Å². The van der Waals surface area contributed by atoms with E-state index in [1.807, 2.05) is 35.4 Å². The van der Waals surface area contributed by atoms with E-state index in [9.17, 15) is 4.79 Å². The number of nitrogens with zero attached hydrogens (tertiary/aromatic N) is 2. The van der Waals surface area contributed by atoms with Gasteiger partial charge in [-0.1, -0.05) is 6.07 Å². The number of urea groups is 1. The molecule has 0 atom stereocenters. The first-order valence-corrected chi connectivity index (χ1v) is 6.23. The van der Waals surface area contributed by atoms with E-state index in [0.717, 1.165) is 42.4 Å². The number of likely N-dealkylation sites (tertiary alicyclic amines) is 1. The van der Waals surface area contributed by atoms with E-state index >= 15 is 0 Å². The first-order chi connectivity index (χ1) is 8.83. The van der Waals surface area contributed by atoms with Gasteiger partial charge >= 0.3 is 6.03 Å². The number of hydrogen-bond donors (Lipinski definition) is 1. The summed E-state index contributed by atoms with van der Waals surface area (Å²) >= 11 is 0. The van der Waals surface area contributed by atoms with E-state index in [2.05, 4.69) is 10.3 Å². The van der Waals surface area contributed by atoms with Crippen LogP contribution in [0.3, 0.4) is 0 Å². The summed E-state index contributed by atoms with van der Waals surface area (Å²) in [6.45, 7) is 1.73. The van der Waals surface area contributed by atoms with E-state index in [4.69, 9.17) is 0 Å². The third-order valence-corrected chi connectivity index (χ3v) is 3.29. The summed E-state index contributed by atoms with van der Waals surface area (Å²) in [4.78, 5) is 17.9. The van der Waals surface area contributed by atoms with Crippen LogP contribution in [0.4, 0.5) is 10.5 Å². The number of amides is 2. The van der Waals surface area contributed by atoms with Gasteiger partial charge in [-0.25, -0.2) is 4.79 Å². The normalized spacial score (nSPS) is 15.0. The van der Waals surface area contributed by atoms with Gasteiger partial charge in [0.05, 0.1) is 0 Å². The summed E-state index contributed by atoms with van der Waals surface area (Å²) in [6.07, 6.45) is 5.80. The molecular weight excluding hydrogens is 226 g/mol. The van der Waals surface area contributed by atoms with Crippen molar-refractivity contribution in [3.63, 3.8) is 0 Å². The maximum Gasteiger partial charge on any atom is 0.321 e. The number of carbonyl (C=O) groups is 1. The molecule has 1 aliphatic rings. The molecule has 92 valence electrons. The van der Waals surface area contributed by atoms with Gasteiger partial charge in [0.1, 0.15) is 0 Å². The third kappa shape index (κ3) is 2.14. The zero-order chi connectivity index (χ0) is 12.4. The number of hydrogen-bond acceptors (Lipinski definition) is 2. The SMILES string of the molecule is O=C(Nc1ccc2cnccc2c1)N1CCCC1. The molecule has 1 aromatic heterocycles. The molecule has 1 aromatic carbocycles. The Bertz CT molecular complexity index is 576. The fourth-order valence-corrected chi connectivity index (χ4v) is 2.28. The van der Waals surface area contributed by atoms with Gasteiger partial charge in [-0.3, -0.25) is 4.98 Å². The van der Waals surface area contributed by atoms with Crippen LogP contribution in [-0.2, 0) is 0 Å². The quantitative estimate of drug-likeness (QED) is 0.834. The van der Waals surface area contributed by atoms with Gasteiger partial charge in [0.25, 0.3) is 0 Å². The summed E-state index contributed by atoms with van der Waals surface area (Å²) in [7, 11) is 0. The Balaban J connectivity index is 1.79. The lowest BCUT2D eigenvalue weighted by Gasteiger charge is -2.16. The molecule has 0 aliphatic carbocycles. The van der Waals surface area contributed by atoms with Gasteiger partial charge in [0.15, 0.2) is 0 Å². The van der Waals surface area contributed by atoms with E-state index in [-0.39, 0.29) is 6.03 Å². The van der Waals surface area contributed by atoms with Crippen LogP contribution in [0.1, 0.15) is 12.8 Å². The Hall–Kier alpha value is -2.10. The first-order valence-electron chi connectivity index (χ1n) is 6.23. The minimum absolute atomic E-state index is 0.000839. The minimum Gasteiger partial charge on any atom is -0.325 e. The van der Waals surface area contributed by atoms with Crippen LogP contribution < -0.4 is 5.32 Å². The molecule has 2 heterocycles. The van der Waals surface area contributed by atoms with Crippen molar-refractivity contribution >= 4 is 22.5 Å². The highest BCUT2D eigenvalue weighted by atomic mass is 16.2. The zero-order valence-corrected chi connectivity index (χ0v) is 10.1. The average molecular weight is 241 g/mol. The lowest BCUT2D eigenvalue weighted by atomic mass is 10.1. The number of nitrogens with one attached hydrogen (secondary N) is 1. The molecule has 1 fully saturated rings. The Kier molecular flexibility index (Phi) is 2.84. The van der Waals surface area contributed by atoms with Crippen LogP contribution in [0.2, 0.25) is 0 Å². The topological polar surface area (TPSA) is 45.2 Å². The van der Waals surface area contributed by atoms with Crippen molar-refractivity contribution in [2.24, 2.45) is 0 Å². The van der Waals surface area contributed by atoms with Crippen LogP contribution in [0.25, 0.3) is 10.8 Å². The van der Waals surface area contributed by atoms with Crippen LogP contribution in [-0.4, -0.2) is 29.0 Å². The smallest absolute Gasteiger partial charge is 0.321 e. The highest BCUT2D eigenvalue weighted by Gasteiger charge is 2.17. The molecule has 0 bridgehead atoms. The van der Waals surface area contributed by atoms with Crippen molar-refractivity contribution < 1.29 is 4.79 Å². The molecule has 1 N–H and O–H groups in total. The first kappa shape index (κ1) is 11.0. The molecule has 0 unspecified atom stereocenters. The second-order valence-electron chi connectivity index (χ2n) is 4.56. The highest BCUT2D eigenvalue weighted by molar-refractivity contribution is 5.93. The zero-order valence-electron chi connectivity index (χ0n) is 10.1. The molecule has 3 rings (SSSR count). The van der Waals surface area contributed by atoms with Crippen LogP contribution in [0, 0.1) is 0 Å². The van der Waals surface area contributed by atoms with E-state index < -0.39 is 0 Å². The number of carbonyl (C=O) groups excluding carboxylic acids is 1. The molecule has 0 radical (unpaired) electrons. The standard InChI is InChI=1S/C14H15N3O/c18-14(17-7-1-2-8-17)16-13-4-3-12-10-15-6-5-11(12)9-13/h3-6,9-10H,1-2,7-8H2,(H,16,18). The molecular formula is C14H15N3O. The predicted molar refractivity (Wildman–Crippen MR) is 71.6 cm³/mol. The van der Waals surface area contributed by atoms with Crippen molar-refractivity contribution in [3.05, 3.63) is 36.7 Å². The van der Waals surface area contributed by atoms with Crippen molar-refractivity contribution in [2.75, 3.05) is 18.4 Å². The average Bonchev–Trinajstić information content (AvgIpc) is 2.92. The molecule has 1 saturated heterocycles. The third-order valence-electron chi connectivity index (χ3n) is 3.29. The van der Waals surface area contributed by atoms with Gasteiger partial charge in [-0.15, -0.1) is 0 Å². The highest BCUT2D eigenvalue weighted by Crippen LogP contribution is 2.19. The Morgan fingerprint density at radius 2 is 2.00 bits per heavy atom. The second kappa shape index (κ2) is 4.64. The number of anilines is 1. The Morgan fingerprint density at radius 1 is 1.17 bits per heavy atom. The van der Waals surface area contributed by atoms with Crippen LogP contribution in [0.15, 0.2) is 36.7 Å². The van der Waals surface area contributed by atoms with Gasteiger partial charge in [-0.2, -0.15) is 0 Å². The monoisotopic (exact) mass is 241 g/mol. The van der Waals surface area contributed by atoms with Crippen molar-refractivity contribution in [1.82, 2.24) is 9.88 Å². The molecule has 4 heteroatoms. The molecule has 2 amide bonds. The summed E-state index contributed by atoms with van der Waals surface area (Å²) < 4.78 is 0. The van der Waals surface area contributed by atoms with E-state index in [0.29, 0.717) is 0 Å². The van der Waals surface area contributed by atoms with Crippen molar-refractivity contribution in [2.45, 2.75) is 12.8 Å². The maximum absolute atomic E-state index is 12.0. The molecule has 4 nitrogen and oxygen atoms in total. The molecule has 1 aliphatic heterocycles. The van der Waals surface area contributed by atoms with Crippen LogP contribution >= 0.6 is 0 Å². The lowest BCUT2D eigenvalue weighted by molar-refractivity contribution is 0.222. The number of pyridine rings is 1. The maximum atomic E-state index is 12.0. The van der Waals surface area contributed by atoms with E-state index in [1.54, 1.807) is 6.20 Å². The summed E-state index contributed by atoms with van der Waals surface area (Å²) in [5, 5.41) is 5.11. The largest absolute Gasteiger partial charge is 0.325 e. The van der Waals surface area contributed by atoms with Gasteiger partial charge in [0, 0.05) is 36.6 Å². The van der Waals surface area contributed by atoms with Crippen molar-refractivity contribution in [3.8, 4) is 0 Å². The Labute approximate surface area is 106 Å². The summed E-state index contributed by atoms with van der Waals surface area (Å²) in [6, 6.07) is 7.81. The fourth-order valence-electron chi connectivity index (χ4n) is 2.28. The summed E-state index contributed by atoms with van der Waals surface area (Å²) in [5.41, 5.74) is 0.839. The van der Waals surface area contributed by atoms with Crippen LogP contribution in [0.5, 0.6) is 0 Å². The molecule has 0 spiro atoms. The Morgan fingerprint density at radius 3 is 2.83 bits per heavy atom. The number of benzene rings is 1. The predicted octanol–water partition coefficient (Wildman–Crippen LogP) is 2.86. The molecule has 2 aromatic rings. The minimum atomic E-state index is 0.000839. The van der Waals surface area contributed by atoms with E-state index in [1.165, 1.54) is 0 Å².